The monoisotopic (exact) mass is 714 g/mol. The number of hydrogen-bond acceptors (Lipinski definition) is 4. The SMILES string of the molecule is c1ccc(-c2nc(-c3ccccc3)nc(-c3ccc(-c4ccc5c(c4)nc(-c4ccccc4)c4cccc(-c6ccccc6-c6ccccc6)c45)cc3)n2)cc1. The number of fused-ring (bicyclic) bond motifs is 3. The predicted molar refractivity (Wildman–Crippen MR) is 231 cm³/mol. The highest BCUT2D eigenvalue weighted by Crippen LogP contribution is 2.42. The third-order valence-corrected chi connectivity index (χ3v) is 10.3. The van der Waals surface area contributed by atoms with Gasteiger partial charge in [0.25, 0.3) is 0 Å². The summed E-state index contributed by atoms with van der Waals surface area (Å²) in [6.07, 6.45) is 0. The maximum absolute atomic E-state index is 5.39. The lowest BCUT2D eigenvalue weighted by Gasteiger charge is -2.17. The molecule has 0 saturated carbocycles. The molecule has 0 atom stereocenters. The van der Waals surface area contributed by atoms with Crippen molar-refractivity contribution in [1.29, 1.82) is 0 Å². The number of nitrogens with zero attached hydrogens (tertiary/aromatic N) is 4. The average Bonchev–Trinajstić information content (AvgIpc) is 3.29. The molecule has 0 unspecified atom stereocenters. The van der Waals surface area contributed by atoms with Crippen molar-refractivity contribution in [1.82, 2.24) is 19.9 Å². The third kappa shape index (κ3) is 6.19. The van der Waals surface area contributed by atoms with Crippen molar-refractivity contribution in [3.8, 4) is 78.8 Å². The molecular formula is C52H34N4. The number of rotatable bonds is 7. The van der Waals surface area contributed by atoms with Crippen LogP contribution >= 0.6 is 0 Å². The van der Waals surface area contributed by atoms with Gasteiger partial charge in [0.2, 0.25) is 0 Å². The molecule has 0 fully saturated rings. The first-order valence-electron chi connectivity index (χ1n) is 18.8. The summed E-state index contributed by atoms with van der Waals surface area (Å²) >= 11 is 0. The summed E-state index contributed by atoms with van der Waals surface area (Å²) in [4.78, 5) is 20.1. The Morgan fingerprint density at radius 3 is 1.29 bits per heavy atom. The fourth-order valence-corrected chi connectivity index (χ4v) is 7.61. The van der Waals surface area contributed by atoms with Crippen LogP contribution in [0.2, 0.25) is 0 Å². The van der Waals surface area contributed by atoms with Crippen LogP contribution in [0.4, 0.5) is 0 Å². The summed E-state index contributed by atoms with van der Waals surface area (Å²) in [5.74, 6) is 1.92. The molecule has 0 N–H and O–H groups in total. The fraction of sp³-hybridized carbons (Fsp3) is 0. The van der Waals surface area contributed by atoms with E-state index >= 15 is 0 Å². The minimum atomic E-state index is 0.631. The molecule has 0 aliphatic carbocycles. The van der Waals surface area contributed by atoms with Crippen LogP contribution < -0.4 is 0 Å². The van der Waals surface area contributed by atoms with E-state index in [1.807, 2.05) is 60.7 Å². The summed E-state index contributed by atoms with van der Waals surface area (Å²) in [6, 6.07) is 71.8. The smallest absolute Gasteiger partial charge is 0.164 e. The Kier molecular flexibility index (Phi) is 8.47. The number of benzene rings is 8. The Morgan fingerprint density at radius 2 is 0.696 bits per heavy atom. The molecule has 0 aliphatic rings. The van der Waals surface area contributed by atoms with Crippen LogP contribution in [0.15, 0.2) is 206 Å². The van der Waals surface area contributed by atoms with E-state index in [1.165, 1.54) is 27.6 Å². The topological polar surface area (TPSA) is 51.6 Å². The molecule has 2 aromatic heterocycles. The van der Waals surface area contributed by atoms with Crippen LogP contribution in [0.1, 0.15) is 0 Å². The molecule has 0 radical (unpaired) electrons. The summed E-state index contributed by atoms with van der Waals surface area (Å²) in [6.45, 7) is 0. The zero-order valence-corrected chi connectivity index (χ0v) is 30.4. The Hall–Kier alpha value is -7.56. The Morgan fingerprint density at radius 1 is 0.250 bits per heavy atom. The van der Waals surface area contributed by atoms with Crippen molar-refractivity contribution < 1.29 is 0 Å². The van der Waals surface area contributed by atoms with E-state index in [2.05, 4.69) is 146 Å². The first-order chi connectivity index (χ1) is 27.8. The lowest BCUT2D eigenvalue weighted by Crippen LogP contribution is -2.00. The second kappa shape index (κ2) is 14.3. The number of pyridine rings is 1. The van der Waals surface area contributed by atoms with E-state index in [9.17, 15) is 0 Å². The van der Waals surface area contributed by atoms with Gasteiger partial charge in [-0.15, -0.1) is 0 Å². The Bertz CT molecular complexity index is 2930. The molecule has 4 nitrogen and oxygen atoms in total. The predicted octanol–water partition coefficient (Wildman–Crippen LogP) is 13.2. The van der Waals surface area contributed by atoms with Crippen LogP contribution in [0.3, 0.4) is 0 Å². The van der Waals surface area contributed by atoms with Gasteiger partial charge in [-0.05, 0) is 39.4 Å². The van der Waals surface area contributed by atoms with Crippen molar-refractivity contribution >= 4 is 21.7 Å². The first kappa shape index (κ1) is 33.0. The molecule has 8 aromatic carbocycles. The quantitative estimate of drug-likeness (QED) is 0.154. The van der Waals surface area contributed by atoms with Gasteiger partial charge in [-0.1, -0.05) is 200 Å². The molecule has 4 heteroatoms. The van der Waals surface area contributed by atoms with Crippen molar-refractivity contribution in [3.63, 3.8) is 0 Å². The highest BCUT2D eigenvalue weighted by atomic mass is 15.0. The lowest BCUT2D eigenvalue weighted by atomic mass is 9.88. The van der Waals surface area contributed by atoms with E-state index in [0.717, 1.165) is 55.4 Å². The number of aromatic nitrogens is 4. The average molecular weight is 715 g/mol. The van der Waals surface area contributed by atoms with Gasteiger partial charge in [-0.2, -0.15) is 0 Å². The second-order valence-corrected chi connectivity index (χ2v) is 13.8. The Balaban J connectivity index is 1.11. The summed E-state index contributed by atoms with van der Waals surface area (Å²) < 4.78 is 0. The van der Waals surface area contributed by atoms with Crippen molar-refractivity contribution in [2.45, 2.75) is 0 Å². The van der Waals surface area contributed by atoms with E-state index < -0.39 is 0 Å². The van der Waals surface area contributed by atoms with Gasteiger partial charge in [0.1, 0.15) is 0 Å². The normalized spacial score (nSPS) is 11.2. The molecule has 0 aliphatic heterocycles. The highest BCUT2D eigenvalue weighted by molar-refractivity contribution is 6.18. The van der Waals surface area contributed by atoms with Gasteiger partial charge in [-0.25, -0.2) is 19.9 Å². The van der Waals surface area contributed by atoms with Crippen LogP contribution in [0.5, 0.6) is 0 Å². The third-order valence-electron chi connectivity index (χ3n) is 10.3. The molecule has 0 amide bonds. The zero-order chi connectivity index (χ0) is 37.3. The molecule has 56 heavy (non-hydrogen) atoms. The van der Waals surface area contributed by atoms with Crippen LogP contribution in [0.25, 0.3) is 100 Å². The molecule has 0 saturated heterocycles. The Labute approximate surface area is 325 Å². The molecule has 10 rings (SSSR count). The van der Waals surface area contributed by atoms with E-state index in [-0.39, 0.29) is 0 Å². The lowest BCUT2D eigenvalue weighted by molar-refractivity contribution is 1.07. The van der Waals surface area contributed by atoms with Gasteiger partial charge in [0.05, 0.1) is 11.2 Å². The molecular weight excluding hydrogens is 681 g/mol. The highest BCUT2D eigenvalue weighted by Gasteiger charge is 2.18. The molecule has 2 heterocycles. The molecule has 0 spiro atoms. The van der Waals surface area contributed by atoms with Gasteiger partial charge < -0.3 is 0 Å². The van der Waals surface area contributed by atoms with Gasteiger partial charge in [-0.3, -0.25) is 0 Å². The molecule has 10 aromatic rings. The van der Waals surface area contributed by atoms with Crippen LogP contribution in [0, 0.1) is 0 Å². The summed E-state index contributed by atoms with van der Waals surface area (Å²) in [5, 5.41) is 3.44. The van der Waals surface area contributed by atoms with E-state index in [4.69, 9.17) is 19.9 Å². The van der Waals surface area contributed by atoms with Gasteiger partial charge in [0.15, 0.2) is 17.5 Å². The fourth-order valence-electron chi connectivity index (χ4n) is 7.61. The summed E-state index contributed by atoms with van der Waals surface area (Å²) in [5.41, 5.74) is 12.8. The zero-order valence-electron chi connectivity index (χ0n) is 30.4. The van der Waals surface area contributed by atoms with Crippen LogP contribution in [-0.4, -0.2) is 19.9 Å². The maximum Gasteiger partial charge on any atom is 0.164 e. The van der Waals surface area contributed by atoms with Gasteiger partial charge in [0, 0.05) is 38.4 Å². The van der Waals surface area contributed by atoms with Crippen molar-refractivity contribution in [2.24, 2.45) is 0 Å². The van der Waals surface area contributed by atoms with Crippen molar-refractivity contribution in [3.05, 3.63) is 206 Å². The molecule has 262 valence electrons. The van der Waals surface area contributed by atoms with E-state index in [1.54, 1.807) is 0 Å². The minimum absolute atomic E-state index is 0.631. The molecule has 0 bridgehead atoms. The standard InChI is InChI=1S/C52H34N4/c1-5-16-36(17-6-1)42-24-13-14-25-43(42)44-26-15-27-46-48(44)45-33-32-41(34-47(45)53-49(46)37-18-7-2-8-19-37)35-28-30-40(31-29-35)52-55-50(38-20-9-3-10-21-38)54-51(56-52)39-22-11-4-12-23-39/h1-34H. The van der Waals surface area contributed by atoms with E-state index in [0.29, 0.717) is 17.5 Å². The van der Waals surface area contributed by atoms with Gasteiger partial charge >= 0.3 is 0 Å². The minimum Gasteiger partial charge on any atom is -0.247 e. The second-order valence-electron chi connectivity index (χ2n) is 13.8. The van der Waals surface area contributed by atoms with Crippen molar-refractivity contribution in [2.75, 3.05) is 0 Å². The summed E-state index contributed by atoms with van der Waals surface area (Å²) in [7, 11) is 0. The van der Waals surface area contributed by atoms with Crippen LogP contribution in [-0.2, 0) is 0 Å². The maximum atomic E-state index is 5.39. The largest absolute Gasteiger partial charge is 0.247 e. The first-order valence-corrected chi connectivity index (χ1v) is 18.8. The number of hydrogen-bond donors (Lipinski definition) is 0.